The van der Waals surface area contributed by atoms with Gasteiger partial charge in [0.2, 0.25) is 0 Å². The van der Waals surface area contributed by atoms with E-state index in [9.17, 15) is 0 Å². The summed E-state index contributed by atoms with van der Waals surface area (Å²) in [5.74, 6) is 0.814. The lowest BCUT2D eigenvalue weighted by Gasteiger charge is -2.19. The summed E-state index contributed by atoms with van der Waals surface area (Å²) in [5, 5.41) is 5.06. The zero-order valence-electron chi connectivity index (χ0n) is 10.5. The van der Waals surface area contributed by atoms with E-state index in [1.807, 2.05) is 6.07 Å². The average molecular weight is 307 g/mol. The van der Waals surface area contributed by atoms with Crippen molar-refractivity contribution in [2.24, 2.45) is 5.92 Å². The van der Waals surface area contributed by atoms with E-state index in [2.05, 4.69) is 12.2 Å². The van der Waals surface area contributed by atoms with Crippen LogP contribution in [0.5, 0.6) is 0 Å². The highest BCUT2D eigenvalue weighted by molar-refractivity contribution is 6.48. The van der Waals surface area contributed by atoms with Gasteiger partial charge in [0.1, 0.15) is 0 Å². The van der Waals surface area contributed by atoms with E-state index in [0.717, 1.165) is 18.0 Å². The van der Waals surface area contributed by atoms with Crippen molar-refractivity contribution in [3.8, 4) is 0 Å². The Balaban J connectivity index is 1.99. The van der Waals surface area contributed by atoms with Crippen molar-refractivity contribution in [2.75, 3.05) is 6.54 Å². The van der Waals surface area contributed by atoms with Crippen LogP contribution in [0, 0.1) is 5.92 Å². The van der Waals surface area contributed by atoms with E-state index in [1.54, 1.807) is 6.07 Å². The molecule has 0 saturated heterocycles. The van der Waals surface area contributed by atoms with E-state index in [-0.39, 0.29) is 6.04 Å². The molecule has 0 aliphatic heterocycles. The minimum absolute atomic E-state index is 0.202. The second-order valence-corrected chi connectivity index (χ2v) is 6.21. The number of hydrogen-bond acceptors (Lipinski definition) is 1. The summed E-state index contributed by atoms with van der Waals surface area (Å²) in [7, 11) is 0. The standard InChI is InChI=1S/C14H18Cl3N/c1-9(18-8-10-4-2-3-5-10)11-6-7-12(15)14(17)13(11)16/h6-7,9-10,18H,2-5,8H2,1H3. The fourth-order valence-electron chi connectivity index (χ4n) is 2.54. The molecule has 18 heavy (non-hydrogen) atoms. The second-order valence-electron chi connectivity index (χ2n) is 5.04. The molecular formula is C14H18Cl3N. The largest absolute Gasteiger partial charge is 0.310 e. The van der Waals surface area contributed by atoms with Gasteiger partial charge in [-0.25, -0.2) is 0 Å². The van der Waals surface area contributed by atoms with Crippen LogP contribution in [0.1, 0.15) is 44.2 Å². The molecule has 1 nitrogen and oxygen atoms in total. The first kappa shape index (κ1) is 14.5. The van der Waals surface area contributed by atoms with Gasteiger partial charge in [0.15, 0.2) is 0 Å². The quantitative estimate of drug-likeness (QED) is 0.725. The first-order valence-electron chi connectivity index (χ1n) is 6.46. The second kappa shape index (κ2) is 6.47. The summed E-state index contributed by atoms with van der Waals surface area (Å²) in [5.41, 5.74) is 1.02. The van der Waals surface area contributed by atoms with Crippen molar-refractivity contribution in [2.45, 2.75) is 38.6 Å². The van der Waals surface area contributed by atoms with Crippen molar-refractivity contribution < 1.29 is 0 Å². The summed E-state index contributed by atoms with van der Waals surface area (Å²) < 4.78 is 0. The van der Waals surface area contributed by atoms with Crippen molar-refractivity contribution >= 4 is 34.8 Å². The van der Waals surface area contributed by atoms with Crippen LogP contribution in [-0.2, 0) is 0 Å². The van der Waals surface area contributed by atoms with E-state index in [1.165, 1.54) is 25.7 Å². The molecule has 0 radical (unpaired) electrons. The molecule has 100 valence electrons. The van der Waals surface area contributed by atoms with Crippen LogP contribution in [-0.4, -0.2) is 6.54 Å². The Morgan fingerprint density at radius 2 is 1.83 bits per heavy atom. The molecular weight excluding hydrogens is 289 g/mol. The zero-order chi connectivity index (χ0) is 13.1. The molecule has 1 aliphatic rings. The third-order valence-corrected chi connectivity index (χ3v) is 5.03. The molecule has 1 fully saturated rings. The Morgan fingerprint density at radius 1 is 1.17 bits per heavy atom. The number of nitrogens with one attached hydrogen (secondary N) is 1. The smallest absolute Gasteiger partial charge is 0.0781 e. The molecule has 0 amide bonds. The Bertz CT molecular complexity index is 414. The molecule has 1 aliphatic carbocycles. The molecule has 1 aromatic carbocycles. The topological polar surface area (TPSA) is 12.0 Å². The summed E-state index contributed by atoms with van der Waals surface area (Å²) in [6.45, 7) is 3.16. The summed E-state index contributed by atoms with van der Waals surface area (Å²) in [6, 6.07) is 3.95. The van der Waals surface area contributed by atoms with E-state index < -0.39 is 0 Å². The number of rotatable bonds is 4. The van der Waals surface area contributed by atoms with Crippen LogP contribution in [0.2, 0.25) is 15.1 Å². The van der Waals surface area contributed by atoms with Gasteiger partial charge >= 0.3 is 0 Å². The van der Waals surface area contributed by atoms with Crippen molar-refractivity contribution in [3.63, 3.8) is 0 Å². The van der Waals surface area contributed by atoms with Gasteiger partial charge in [-0.15, -0.1) is 0 Å². The molecule has 1 aromatic rings. The first-order chi connectivity index (χ1) is 8.59. The zero-order valence-corrected chi connectivity index (χ0v) is 12.7. The lowest BCUT2D eigenvalue weighted by atomic mass is 10.1. The van der Waals surface area contributed by atoms with Crippen LogP contribution < -0.4 is 5.32 Å². The summed E-state index contributed by atoms with van der Waals surface area (Å²) in [4.78, 5) is 0. The normalized spacial score (nSPS) is 18.2. The monoisotopic (exact) mass is 305 g/mol. The van der Waals surface area contributed by atoms with Crippen molar-refractivity contribution in [3.05, 3.63) is 32.8 Å². The Morgan fingerprint density at radius 3 is 2.50 bits per heavy atom. The minimum atomic E-state index is 0.202. The van der Waals surface area contributed by atoms with Crippen LogP contribution in [0.4, 0.5) is 0 Å². The Hall–Kier alpha value is 0.0500. The first-order valence-corrected chi connectivity index (χ1v) is 7.59. The molecule has 2 rings (SSSR count). The van der Waals surface area contributed by atoms with Gasteiger partial charge < -0.3 is 5.32 Å². The maximum Gasteiger partial charge on any atom is 0.0781 e. The summed E-state index contributed by atoms with van der Waals surface area (Å²) in [6.07, 6.45) is 5.42. The van der Waals surface area contributed by atoms with E-state index in [4.69, 9.17) is 34.8 Å². The highest BCUT2D eigenvalue weighted by Crippen LogP contribution is 2.35. The van der Waals surface area contributed by atoms with Crippen LogP contribution in [0.15, 0.2) is 12.1 Å². The van der Waals surface area contributed by atoms with Gasteiger partial charge in [0.05, 0.1) is 15.1 Å². The lowest BCUT2D eigenvalue weighted by Crippen LogP contribution is -2.24. The maximum absolute atomic E-state index is 6.23. The maximum atomic E-state index is 6.23. The van der Waals surface area contributed by atoms with Gasteiger partial charge in [-0.3, -0.25) is 0 Å². The van der Waals surface area contributed by atoms with E-state index in [0.29, 0.717) is 15.1 Å². The third kappa shape index (κ3) is 3.33. The molecule has 1 saturated carbocycles. The molecule has 1 atom stereocenters. The van der Waals surface area contributed by atoms with Crippen LogP contribution in [0.3, 0.4) is 0 Å². The fourth-order valence-corrected chi connectivity index (χ4v) is 3.25. The highest BCUT2D eigenvalue weighted by atomic mass is 35.5. The lowest BCUT2D eigenvalue weighted by molar-refractivity contribution is 0.452. The van der Waals surface area contributed by atoms with Crippen molar-refractivity contribution in [1.29, 1.82) is 0 Å². The fraction of sp³-hybridized carbons (Fsp3) is 0.571. The van der Waals surface area contributed by atoms with Crippen LogP contribution >= 0.6 is 34.8 Å². The van der Waals surface area contributed by atoms with Gasteiger partial charge in [-0.2, -0.15) is 0 Å². The average Bonchev–Trinajstić information content (AvgIpc) is 2.86. The minimum Gasteiger partial charge on any atom is -0.310 e. The van der Waals surface area contributed by atoms with Gasteiger partial charge in [-0.1, -0.05) is 53.7 Å². The Labute approximate surface area is 124 Å². The molecule has 0 spiro atoms. The number of benzene rings is 1. The number of halogens is 3. The van der Waals surface area contributed by atoms with Crippen molar-refractivity contribution in [1.82, 2.24) is 5.32 Å². The molecule has 1 N–H and O–H groups in total. The predicted octanol–water partition coefficient (Wildman–Crippen LogP) is 5.49. The van der Waals surface area contributed by atoms with Crippen LogP contribution in [0.25, 0.3) is 0 Å². The molecule has 0 bridgehead atoms. The van der Waals surface area contributed by atoms with E-state index >= 15 is 0 Å². The Kier molecular flexibility index (Phi) is 5.20. The van der Waals surface area contributed by atoms with Gasteiger partial charge in [0, 0.05) is 6.04 Å². The summed E-state index contributed by atoms with van der Waals surface area (Å²) >= 11 is 18.2. The van der Waals surface area contributed by atoms with Gasteiger partial charge in [0.25, 0.3) is 0 Å². The predicted molar refractivity (Wildman–Crippen MR) is 79.8 cm³/mol. The highest BCUT2D eigenvalue weighted by Gasteiger charge is 2.18. The number of hydrogen-bond donors (Lipinski definition) is 1. The molecule has 4 heteroatoms. The molecule has 1 unspecified atom stereocenters. The molecule has 0 aromatic heterocycles. The third-order valence-electron chi connectivity index (χ3n) is 3.72. The molecule has 0 heterocycles. The SMILES string of the molecule is CC(NCC1CCCC1)c1ccc(Cl)c(Cl)c1Cl. The van der Waals surface area contributed by atoms with Gasteiger partial charge in [-0.05, 0) is 43.9 Å².